The van der Waals surface area contributed by atoms with Crippen LogP contribution in [0.4, 0.5) is 0 Å². The van der Waals surface area contributed by atoms with Gasteiger partial charge in [-0.2, -0.15) is 0 Å². The fourth-order valence-electron chi connectivity index (χ4n) is 0.732. The first kappa shape index (κ1) is 10.2. The number of alkyl halides is 1. The average molecular weight is 205 g/mol. The molecule has 0 saturated heterocycles. The van der Waals surface area contributed by atoms with Crippen molar-refractivity contribution in [1.82, 2.24) is 0 Å². The monoisotopic (exact) mass is 204 g/mol. The van der Waals surface area contributed by atoms with Crippen molar-refractivity contribution in [2.75, 3.05) is 5.33 Å². The first-order valence-electron chi connectivity index (χ1n) is 4.02. The lowest BCUT2D eigenvalue weighted by atomic mass is 10.1. The third kappa shape index (κ3) is 6.34. The maximum atomic E-state index is 3.41. The molecular formula is C9H17Br. The van der Waals surface area contributed by atoms with Crippen molar-refractivity contribution in [2.24, 2.45) is 0 Å². The molecule has 0 nitrogen and oxygen atoms in total. The first-order chi connectivity index (χ1) is 4.81. The van der Waals surface area contributed by atoms with Crippen LogP contribution in [0.2, 0.25) is 0 Å². The van der Waals surface area contributed by atoms with Crippen molar-refractivity contribution in [3.63, 3.8) is 0 Å². The zero-order valence-corrected chi connectivity index (χ0v) is 8.58. The Hall–Kier alpha value is 0.220. The summed E-state index contributed by atoms with van der Waals surface area (Å²) in [4.78, 5) is 0. The van der Waals surface area contributed by atoms with Crippen molar-refractivity contribution in [3.05, 3.63) is 11.6 Å². The van der Waals surface area contributed by atoms with E-state index in [1.165, 1.54) is 31.3 Å². The molecule has 10 heavy (non-hydrogen) atoms. The van der Waals surface area contributed by atoms with E-state index in [9.17, 15) is 0 Å². The lowest BCUT2D eigenvalue weighted by molar-refractivity contribution is 0.819. The molecule has 0 aliphatic carbocycles. The summed E-state index contributed by atoms with van der Waals surface area (Å²) in [5.74, 6) is 0. The standard InChI is InChI=1S/C9H17Br/c1-3-9(2)7-5-4-6-8-10/h7H,3-6,8H2,1-2H3. The molecule has 0 atom stereocenters. The molecule has 0 rings (SSSR count). The van der Waals surface area contributed by atoms with Gasteiger partial charge >= 0.3 is 0 Å². The second-order valence-electron chi connectivity index (χ2n) is 2.59. The van der Waals surface area contributed by atoms with Gasteiger partial charge in [-0.3, -0.25) is 0 Å². The Morgan fingerprint density at radius 3 is 2.60 bits per heavy atom. The predicted octanol–water partition coefficient (Wildman–Crippen LogP) is 3.91. The molecule has 0 aliphatic rings. The third-order valence-corrected chi connectivity index (χ3v) is 2.20. The number of allylic oxidation sites excluding steroid dienone is 2. The Kier molecular flexibility index (Phi) is 7.49. The Bertz CT molecular complexity index is 94.9. The highest BCUT2D eigenvalue weighted by molar-refractivity contribution is 9.09. The highest BCUT2D eigenvalue weighted by atomic mass is 79.9. The van der Waals surface area contributed by atoms with Gasteiger partial charge in [-0.15, -0.1) is 0 Å². The zero-order valence-electron chi connectivity index (χ0n) is 6.99. The molecule has 0 heterocycles. The van der Waals surface area contributed by atoms with Gasteiger partial charge in [0.25, 0.3) is 0 Å². The van der Waals surface area contributed by atoms with Gasteiger partial charge in [-0.05, 0) is 32.6 Å². The Balaban J connectivity index is 3.16. The molecule has 0 aromatic carbocycles. The normalized spacial score (nSPS) is 12.1. The Labute approximate surface area is 72.8 Å². The fourth-order valence-corrected chi connectivity index (χ4v) is 1.13. The fraction of sp³-hybridized carbons (Fsp3) is 0.778. The summed E-state index contributed by atoms with van der Waals surface area (Å²) in [6, 6.07) is 0. The van der Waals surface area contributed by atoms with Crippen molar-refractivity contribution in [3.8, 4) is 0 Å². The van der Waals surface area contributed by atoms with Crippen LogP contribution in [-0.4, -0.2) is 5.33 Å². The topological polar surface area (TPSA) is 0 Å². The molecule has 1 heteroatoms. The van der Waals surface area contributed by atoms with Gasteiger partial charge in [0.1, 0.15) is 0 Å². The largest absolute Gasteiger partial charge is 0.0928 e. The number of rotatable bonds is 5. The van der Waals surface area contributed by atoms with Gasteiger partial charge in [0.15, 0.2) is 0 Å². The average Bonchev–Trinajstić information content (AvgIpc) is 1.98. The minimum absolute atomic E-state index is 1.14. The molecule has 0 N–H and O–H groups in total. The third-order valence-electron chi connectivity index (χ3n) is 1.64. The van der Waals surface area contributed by atoms with E-state index >= 15 is 0 Å². The van der Waals surface area contributed by atoms with Crippen LogP contribution in [0.25, 0.3) is 0 Å². The van der Waals surface area contributed by atoms with Crippen LogP contribution in [-0.2, 0) is 0 Å². The highest BCUT2D eigenvalue weighted by Gasteiger charge is 1.84. The number of halogens is 1. The van der Waals surface area contributed by atoms with Gasteiger partial charge in [0, 0.05) is 5.33 Å². The predicted molar refractivity (Wildman–Crippen MR) is 51.7 cm³/mol. The van der Waals surface area contributed by atoms with Crippen molar-refractivity contribution in [1.29, 1.82) is 0 Å². The second kappa shape index (κ2) is 7.33. The van der Waals surface area contributed by atoms with E-state index in [1.807, 2.05) is 0 Å². The molecule has 0 spiro atoms. The zero-order chi connectivity index (χ0) is 7.82. The van der Waals surface area contributed by atoms with Crippen LogP contribution in [0.5, 0.6) is 0 Å². The summed E-state index contributed by atoms with van der Waals surface area (Å²) >= 11 is 3.41. The van der Waals surface area contributed by atoms with Crippen LogP contribution in [0, 0.1) is 0 Å². The number of hydrogen-bond acceptors (Lipinski definition) is 0. The molecule has 0 bridgehead atoms. The number of hydrogen-bond donors (Lipinski definition) is 0. The van der Waals surface area contributed by atoms with Crippen molar-refractivity contribution < 1.29 is 0 Å². The minimum Gasteiger partial charge on any atom is -0.0928 e. The van der Waals surface area contributed by atoms with E-state index in [2.05, 4.69) is 35.9 Å². The highest BCUT2D eigenvalue weighted by Crippen LogP contribution is 2.04. The molecule has 0 unspecified atom stereocenters. The summed E-state index contributed by atoms with van der Waals surface area (Å²) in [6.07, 6.45) is 7.43. The van der Waals surface area contributed by atoms with Crippen molar-refractivity contribution in [2.45, 2.75) is 39.5 Å². The van der Waals surface area contributed by atoms with E-state index < -0.39 is 0 Å². The molecule has 0 saturated carbocycles. The lowest BCUT2D eigenvalue weighted by Crippen LogP contribution is -1.76. The van der Waals surface area contributed by atoms with E-state index in [1.54, 1.807) is 0 Å². The smallest absolute Gasteiger partial charge is 0.00314 e. The van der Waals surface area contributed by atoms with E-state index in [4.69, 9.17) is 0 Å². The van der Waals surface area contributed by atoms with Gasteiger partial charge < -0.3 is 0 Å². The summed E-state index contributed by atoms with van der Waals surface area (Å²) in [5, 5.41) is 1.14. The lowest BCUT2D eigenvalue weighted by Gasteiger charge is -1.94. The molecule has 0 aliphatic heterocycles. The van der Waals surface area contributed by atoms with E-state index in [-0.39, 0.29) is 0 Å². The van der Waals surface area contributed by atoms with Crippen LogP contribution >= 0.6 is 15.9 Å². The summed E-state index contributed by atoms with van der Waals surface area (Å²) in [5.41, 5.74) is 1.52. The van der Waals surface area contributed by atoms with Crippen molar-refractivity contribution >= 4 is 15.9 Å². The first-order valence-corrected chi connectivity index (χ1v) is 5.15. The molecule has 0 radical (unpaired) electrons. The Morgan fingerprint density at radius 1 is 1.40 bits per heavy atom. The molecule has 0 amide bonds. The van der Waals surface area contributed by atoms with Gasteiger partial charge in [-0.1, -0.05) is 34.5 Å². The minimum atomic E-state index is 1.14. The Morgan fingerprint density at radius 2 is 2.10 bits per heavy atom. The molecular weight excluding hydrogens is 188 g/mol. The van der Waals surface area contributed by atoms with Gasteiger partial charge in [0.2, 0.25) is 0 Å². The molecule has 60 valence electrons. The maximum absolute atomic E-state index is 3.41. The summed E-state index contributed by atoms with van der Waals surface area (Å²) in [7, 11) is 0. The van der Waals surface area contributed by atoms with Crippen LogP contribution in [0.3, 0.4) is 0 Å². The summed E-state index contributed by atoms with van der Waals surface area (Å²) < 4.78 is 0. The SMILES string of the molecule is CCC(C)=CCCCCBr. The van der Waals surface area contributed by atoms with Gasteiger partial charge in [0.05, 0.1) is 0 Å². The quantitative estimate of drug-likeness (QED) is 0.362. The van der Waals surface area contributed by atoms with E-state index in [0.29, 0.717) is 0 Å². The second-order valence-corrected chi connectivity index (χ2v) is 3.38. The molecule has 0 aromatic rings. The number of unbranched alkanes of at least 4 members (excludes halogenated alkanes) is 2. The van der Waals surface area contributed by atoms with Crippen LogP contribution in [0.15, 0.2) is 11.6 Å². The molecule has 0 fully saturated rings. The van der Waals surface area contributed by atoms with Gasteiger partial charge in [-0.25, -0.2) is 0 Å². The van der Waals surface area contributed by atoms with Crippen LogP contribution < -0.4 is 0 Å². The van der Waals surface area contributed by atoms with Crippen LogP contribution in [0.1, 0.15) is 39.5 Å². The van der Waals surface area contributed by atoms with E-state index in [0.717, 1.165) is 5.33 Å². The molecule has 0 aromatic heterocycles. The summed E-state index contributed by atoms with van der Waals surface area (Å²) in [6.45, 7) is 4.41. The maximum Gasteiger partial charge on any atom is 0.00314 e.